The lowest BCUT2D eigenvalue weighted by Gasteiger charge is -2.32. The van der Waals surface area contributed by atoms with E-state index in [4.69, 9.17) is 5.73 Å². The first-order chi connectivity index (χ1) is 12.0. The van der Waals surface area contributed by atoms with Crippen molar-refractivity contribution >= 4 is 17.3 Å². The van der Waals surface area contributed by atoms with E-state index in [9.17, 15) is 4.79 Å². The highest BCUT2D eigenvalue weighted by molar-refractivity contribution is 5.94. The van der Waals surface area contributed by atoms with Gasteiger partial charge in [-0.25, -0.2) is 0 Å². The SMILES string of the molecule is CC(C)CNC(=O)c1cccc(CN2CCCc3c(N)cccc32)c1. The van der Waals surface area contributed by atoms with Crippen LogP contribution in [0.3, 0.4) is 0 Å². The van der Waals surface area contributed by atoms with Crippen molar-refractivity contribution in [1.29, 1.82) is 0 Å². The molecule has 2 aromatic rings. The highest BCUT2D eigenvalue weighted by Crippen LogP contribution is 2.32. The van der Waals surface area contributed by atoms with Gasteiger partial charge in [-0.15, -0.1) is 0 Å². The maximum atomic E-state index is 12.3. The van der Waals surface area contributed by atoms with Crippen LogP contribution in [-0.4, -0.2) is 19.0 Å². The zero-order valence-corrected chi connectivity index (χ0v) is 15.1. The second kappa shape index (κ2) is 7.60. The van der Waals surface area contributed by atoms with Crippen molar-refractivity contribution in [2.75, 3.05) is 23.7 Å². The number of fused-ring (bicyclic) bond motifs is 1. The number of nitrogens with zero attached hydrogens (tertiary/aromatic N) is 1. The summed E-state index contributed by atoms with van der Waals surface area (Å²) in [4.78, 5) is 14.7. The monoisotopic (exact) mass is 337 g/mol. The van der Waals surface area contributed by atoms with Crippen molar-refractivity contribution in [3.8, 4) is 0 Å². The van der Waals surface area contributed by atoms with Crippen LogP contribution >= 0.6 is 0 Å². The molecule has 0 atom stereocenters. The van der Waals surface area contributed by atoms with Gasteiger partial charge in [-0.3, -0.25) is 4.79 Å². The number of carbonyl (C=O) groups excluding carboxylic acids is 1. The fraction of sp³-hybridized carbons (Fsp3) is 0.381. The van der Waals surface area contributed by atoms with E-state index in [0.29, 0.717) is 12.5 Å². The molecule has 1 amide bonds. The molecule has 2 aromatic carbocycles. The molecule has 0 fully saturated rings. The Hall–Kier alpha value is -2.49. The molecule has 0 unspecified atom stereocenters. The second-order valence-electron chi connectivity index (χ2n) is 7.17. The lowest BCUT2D eigenvalue weighted by Crippen LogP contribution is -2.30. The van der Waals surface area contributed by atoms with E-state index >= 15 is 0 Å². The summed E-state index contributed by atoms with van der Waals surface area (Å²) in [7, 11) is 0. The van der Waals surface area contributed by atoms with E-state index in [0.717, 1.165) is 42.7 Å². The number of nitrogens with two attached hydrogens (primary N) is 1. The van der Waals surface area contributed by atoms with Crippen molar-refractivity contribution in [2.45, 2.75) is 33.2 Å². The number of hydrogen-bond donors (Lipinski definition) is 2. The van der Waals surface area contributed by atoms with Crippen molar-refractivity contribution in [2.24, 2.45) is 5.92 Å². The van der Waals surface area contributed by atoms with Gasteiger partial charge in [0.15, 0.2) is 0 Å². The minimum atomic E-state index is -0.00108. The average molecular weight is 337 g/mol. The molecule has 3 N–H and O–H groups in total. The summed E-state index contributed by atoms with van der Waals surface area (Å²) >= 11 is 0. The number of amides is 1. The summed E-state index contributed by atoms with van der Waals surface area (Å²) in [6, 6.07) is 14.1. The molecule has 25 heavy (non-hydrogen) atoms. The lowest BCUT2D eigenvalue weighted by atomic mass is 9.99. The first kappa shape index (κ1) is 17.3. The largest absolute Gasteiger partial charge is 0.398 e. The van der Waals surface area contributed by atoms with Gasteiger partial charge in [0, 0.05) is 36.6 Å². The molecule has 3 rings (SSSR count). The zero-order chi connectivity index (χ0) is 17.8. The molecule has 0 radical (unpaired) electrons. The van der Waals surface area contributed by atoms with Gasteiger partial charge < -0.3 is 16.0 Å². The molecule has 0 aromatic heterocycles. The van der Waals surface area contributed by atoms with Crippen LogP contribution < -0.4 is 16.0 Å². The summed E-state index contributed by atoms with van der Waals surface area (Å²) in [6.45, 7) is 6.69. The van der Waals surface area contributed by atoms with E-state index in [1.54, 1.807) is 0 Å². The van der Waals surface area contributed by atoms with Crippen molar-refractivity contribution in [3.05, 3.63) is 59.2 Å². The zero-order valence-electron chi connectivity index (χ0n) is 15.1. The third kappa shape index (κ3) is 4.13. The van der Waals surface area contributed by atoms with Gasteiger partial charge in [-0.05, 0) is 54.2 Å². The molecule has 1 heterocycles. The van der Waals surface area contributed by atoms with E-state index in [2.05, 4.69) is 36.2 Å². The third-order valence-electron chi connectivity index (χ3n) is 4.62. The van der Waals surface area contributed by atoms with Gasteiger partial charge in [0.05, 0.1) is 0 Å². The first-order valence-corrected chi connectivity index (χ1v) is 9.04. The number of carbonyl (C=O) groups is 1. The lowest BCUT2D eigenvalue weighted by molar-refractivity contribution is 0.0949. The van der Waals surface area contributed by atoms with Gasteiger partial charge >= 0.3 is 0 Å². The maximum absolute atomic E-state index is 12.3. The summed E-state index contributed by atoms with van der Waals surface area (Å²) in [5, 5.41) is 2.98. The Morgan fingerprint density at radius 3 is 2.84 bits per heavy atom. The van der Waals surface area contributed by atoms with Crippen molar-refractivity contribution < 1.29 is 4.79 Å². The molecule has 0 bridgehead atoms. The summed E-state index contributed by atoms with van der Waals surface area (Å²) in [5.41, 5.74) is 11.4. The Bertz CT molecular complexity index is 755. The Morgan fingerprint density at radius 1 is 1.24 bits per heavy atom. The van der Waals surface area contributed by atoms with E-state index in [-0.39, 0.29) is 5.91 Å². The third-order valence-corrected chi connectivity index (χ3v) is 4.62. The summed E-state index contributed by atoms with van der Waals surface area (Å²) in [5.74, 6) is 0.446. The standard InChI is InChI=1S/C21H27N3O/c1-15(2)13-23-21(25)17-7-3-6-16(12-17)14-24-11-5-8-18-19(22)9-4-10-20(18)24/h3-4,6-7,9-10,12,15H,5,8,11,13-14,22H2,1-2H3,(H,23,25). The molecular weight excluding hydrogens is 310 g/mol. The second-order valence-corrected chi connectivity index (χ2v) is 7.17. The number of nitrogen functional groups attached to an aromatic ring is 1. The molecule has 4 heteroatoms. The van der Waals surface area contributed by atoms with Crippen molar-refractivity contribution in [1.82, 2.24) is 5.32 Å². The van der Waals surface area contributed by atoms with Crippen LogP contribution in [0.25, 0.3) is 0 Å². The highest BCUT2D eigenvalue weighted by Gasteiger charge is 2.19. The van der Waals surface area contributed by atoms with E-state index < -0.39 is 0 Å². The smallest absolute Gasteiger partial charge is 0.251 e. The Labute approximate surface area is 150 Å². The predicted molar refractivity (Wildman–Crippen MR) is 104 cm³/mol. The minimum Gasteiger partial charge on any atom is -0.398 e. The van der Waals surface area contributed by atoms with Crippen LogP contribution in [0.1, 0.15) is 41.8 Å². The molecule has 0 saturated heterocycles. The Balaban J connectivity index is 1.75. The first-order valence-electron chi connectivity index (χ1n) is 9.04. The maximum Gasteiger partial charge on any atom is 0.251 e. The molecule has 1 aliphatic rings. The van der Waals surface area contributed by atoms with Crippen LogP contribution in [0.15, 0.2) is 42.5 Å². The fourth-order valence-corrected chi connectivity index (χ4v) is 3.32. The van der Waals surface area contributed by atoms with E-state index in [1.165, 1.54) is 11.3 Å². The molecule has 0 spiro atoms. The molecular formula is C21H27N3O. The Kier molecular flexibility index (Phi) is 5.27. The molecule has 0 aliphatic carbocycles. The molecule has 0 saturated carbocycles. The van der Waals surface area contributed by atoms with Crippen LogP contribution in [0.4, 0.5) is 11.4 Å². The van der Waals surface area contributed by atoms with Gasteiger partial charge in [0.1, 0.15) is 0 Å². The van der Waals surface area contributed by atoms with Crippen LogP contribution in [0, 0.1) is 5.92 Å². The minimum absolute atomic E-state index is 0.00108. The summed E-state index contributed by atoms with van der Waals surface area (Å²) < 4.78 is 0. The molecule has 1 aliphatic heterocycles. The number of nitrogens with one attached hydrogen (secondary N) is 1. The molecule has 4 nitrogen and oxygen atoms in total. The van der Waals surface area contributed by atoms with E-state index in [1.807, 2.05) is 30.3 Å². The van der Waals surface area contributed by atoms with Crippen molar-refractivity contribution in [3.63, 3.8) is 0 Å². The summed E-state index contributed by atoms with van der Waals surface area (Å²) in [6.07, 6.45) is 2.14. The highest BCUT2D eigenvalue weighted by atomic mass is 16.1. The average Bonchev–Trinajstić information content (AvgIpc) is 2.61. The number of hydrogen-bond acceptors (Lipinski definition) is 3. The predicted octanol–water partition coefficient (Wildman–Crippen LogP) is 3.61. The van der Waals surface area contributed by atoms with Gasteiger partial charge in [-0.2, -0.15) is 0 Å². The normalized spacial score (nSPS) is 13.6. The topological polar surface area (TPSA) is 58.4 Å². The number of rotatable bonds is 5. The number of anilines is 2. The van der Waals surface area contributed by atoms with Gasteiger partial charge in [0.2, 0.25) is 0 Å². The molecule has 132 valence electrons. The van der Waals surface area contributed by atoms with Crippen LogP contribution in [0.2, 0.25) is 0 Å². The number of benzene rings is 2. The quantitative estimate of drug-likeness (QED) is 0.820. The fourth-order valence-electron chi connectivity index (χ4n) is 3.32. The van der Waals surface area contributed by atoms with Gasteiger partial charge in [-0.1, -0.05) is 32.0 Å². The van der Waals surface area contributed by atoms with Crippen LogP contribution in [0.5, 0.6) is 0 Å². The van der Waals surface area contributed by atoms with Crippen LogP contribution in [-0.2, 0) is 13.0 Å². The van der Waals surface area contributed by atoms with Gasteiger partial charge in [0.25, 0.3) is 5.91 Å². The Morgan fingerprint density at radius 2 is 2.04 bits per heavy atom.